The number of sulfonamides is 1. The fourth-order valence-electron chi connectivity index (χ4n) is 4.26. The minimum absolute atomic E-state index is 0.0847. The van der Waals surface area contributed by atoms with Gasteiger partial charge in [0.15, 0.2) is 0 Å². The van der Waals surface area contributed by atoms with Gasteiger partial charge in [-0.2, -0.15) is 4.31 Å². The van der Waals surface area contributed by atoms with Crippen molar-refractivity contribution < 1.29 is 17.9 Å². The van der Waals surface area contributed by atoms with Crippen LogP contribution in [0.3, 0.4) is 0 Å². The Balaban J connectivity index is 1.57. The number of piperidine rings is 1. The predicted octanol–water partition coefficient (Wildman–Crippen LogP) is 1.80. The largest absolute Gasteiger partial charge is 0.469 e. The maximum absolute atomic E-state index is 13.1. The predicted molar refractivity (Wildman–Crippen MR) is 99.9 cm³/mol. The molecule has 27 heavy (non-hydrogen) atoms. The lowest BCUT2D eigenvalue weighted by Crippen LogP contribution is -2.40. The number of hydrogen-bond donors (Lipinski definition) is 1. The molecule has 1 unspecified atom stereocenters. The summed E-state index contributed by atoms with van der Waals surface area (Å²) < 4.78 is 32.5. The van der Waals surface area contributed by atoms with E-state index in [2.05, 4.69) is 4.98 Å². The van der Waals surface area contributed by atoms with Crippen molar-refractivity contribution in [2.75, 3.05) is 20.2 Å². The van der Waals surface area contributed by atoms with Gasteiger partial charge in [-0.25, -0.2) is 8.42 Å². The van der Waals surface area contributed by atoms with Crippen molar-refractivity contribution in [3.8, 4) is 0 Å². The number of hydrogen-bond acceptors (Lipinski definition) is 5. The van der Waals surface area contributed by atoms with Gasteiger partial charge >= 0.3 is 5.97 Å². The zero-order chi connectivity index (χ0) is 19.4. The summed E-state index contributed by atoms with van der Waals surface area (Å²) in [5.41, 5.74) is 1.07. The molecule has 0 radical (unpaired) electrons. The Bertz CT molecular complexity index is 1080. The molecule has 0 bridgehead atoms. The van der Waals surface area contributed by atoms with Crippen LogP contribution in [0.15, 0.2) is 34.0 Å². The lowest BCUT2D eigenvalue weighted by molar-refractivity contribution is -0.143. The third-order valence-electron chi connectivity index (χ3n) is 6.05. The number of aromatic nitrogens is 1. The highest BCUT2D eigenvalue weighted by Gasteiger charge is 2.59. The average molecular weight is 390 g/mol. The van der Waals surface area contributed by atoms with Crippen molar-refractivity contribution in [3.05, 3.63) is 40.2 Å². The van der Waals surface area contributed by atoms with Gasteiger partial charge in [-0.1, -0.05) is 0 Å². The van der Waals surface area contributed by atoms with Gasteiger partial charge in [-0.15, -0.1) is 0 Å². The summed E-state index contributed by atoms with van der Waals surface area (Å²) >= 11 is 0. The minimum Gasteiger partial charge on any atom is -0.469 e. The van der Waals surface area contributed by atoms with Crippen LogP contribution >= 0.6 is 0 Å². The van der Waals surface area contributed by atoms with Crippen molar-refractivity contribution in [2.45, 2.75) is 31.1 Å². The van der Waals surface area contributed by atoms with Crippen molar-refractivity contribution >= 4 is 26.9 Å². The van der Waals surface area contributed by atoms with Crippen LogP contribution in [0.5, 0.6) is 0 Å². The molecule has 1 spiro atoms. The topological polar surface area (TPSA) is 96.5 Å². The number of benzene rings is 1. The zero-order valence-corrected chi connectivity index (χ0v) is 16.1. The van der Waals surface area contributed by atoms with Crippen molar-refractivity contribution in [1.29, 1.82) is 0 Å². The van der Waals surface area contributed by atoms with E-state index < -0.39 is 10.0 Å². The molecule has 2 aliphatic rings. The van der Waals surface area contributed by atoms with Gasteiger partial charge in [0.1, 0.15) is 0 Å². The van der Waals surface area contributed by atoms with E-state index >= 15 is 0 Å². The maximum Gasteiger partial charge on any atom is 0.309 e. The summed E-state index contributed by atoms with van der Waals surface area (Å²) in [4.78, 5) is 26.3. The minimum atomic E-state index is -3.62. The van der Waals surface area contributed by atoms with Crippen LogP contribution in [0, 0.1) is 18.3 Å². The van der Waals surface area contributed by atoms with Gasteiger partial charge < -0.3 is 9.72 Å². The summed E-state index contributed by atoms with van der Waals surface area (Å²) in [6.07, 6.45) is 2.13. The number of ether oxygens (including phenoxy) is 1. The Kier molecular flexibility index (Phi) is 4.16. The highest BCUT2D eigenvalue weighted by Crippen LogP contribution is 2.60. The SMILES string of the molecule is COC(=O)C1CC12CCN(S(=O)(=O)c1ccc3[nH]c(=O)cc(C)c3c1)CC2. The number of carbonyl (C=O) groups is 1. The first-order chi connectivity index (χ1) is 12.8. The number of aromatic amines is 1. The lowest BCUT2D eigenvalue weighted by atomic mass is 9.92. The van der Waals surface area contributed by atoms with Crippen LogP contribution in [-0.2, 0) is 19.6 Å². The third-order valence-corrected chi connectivity index (χ3v) is 7.95. The fraction of sp³-hybridized carbons (Fsp3) is 0.474. The van der Waals surface area contributed by atoms with Gasteiger partial charge in [0.2, 0.25) is 15.6 Å². The van der Waals surface area contributed by atoms with E-state index in [1.165, 1.54) is 23.5 Å². The van der Waals surface area contributed by atoms with E-state index in [1.807, 2.05) is 0 Å². The van der Waals surface area contributed by atoms with E-state index in [0.717, 1.165) is 17.4 Å². The van der Waals surface area contributed by atoms with Crippen LogP contribution in [0.25, 0.3) is 10.9 Å². The van der Waals surface area contributed by atoms with Crippen LogP contribution in [0.4, 0.5) is 0 Å². The fourth-order valence-corrected chi connectivity index (χ4v) is 5.73. The molecule has 1 saturated carbocycles. The summed E-state index contributed by atoms with van der Waals surface area (Å²) in [5, 5.41) is 0.720. The summed E-state index contributed by atoms with van der Waals surface area (Å²) in [6.45, 7) is 2.59. The molecule has 8 heteroatoms. The molecule has 1 aromatic heterocycles. The Morgan fingerprint density at radius 1 is 1.26 bits per heavy atom. The van der Waals surface area contributed by atoms with Gasteiger partial charge in [0.05, 0.1) is 17.9 Å². The molecule has 1 aliphatic carbocycles. The lowest BCUT2D eigenvalue weighted by Gasteiger charge is -2.32. The van der Waals surface area contributed by atoms with Gasteiger partial charge in [0, 0.05) is 30.1 Å². The number of carbonyl (C=O) groups excluding carboxylic acids is 1. The molecular formula is C19H22N2O5S. The number of pyridine rings is 1. The van der Waals surface area contributed by atoms with E-state index in [0.29, 0.717) is 31.4 Å². The number of aryl methyl sites for hydroxylation is 1. The molecule has 1 N–H and O–H groups in total. The van der Waals surface area contributed by atoms with Crippen molar-refractivity contribution in [3.63, 3.8) is 0 Å². The van der Waals surface area contributed by atoms with Gasteiger partial charge in [0.25, 0.3) is 0 Å². The molecule has 1 atom stereocenters. The summed E-state index contributed by atoms with van der Waals surface area (Å²) in [6, 6.07) is 6.25. The quantitative estimate of drug-likeness (QED) is 0.806. The molecule has 1 aromatic carbocycles. The second-order valence-electron chi connectivity index (χ2n) is 7.57. The summed E-state index contributed by atoms with van der Waals surface area (Å²) in [5.74, 6) is -0.280. The molecular weight excluding hydrogens is 368 g/mol. The van der Waals surface area contributed by atoms with E-state index in [4.69, 9.17) is 4.74 Å². The van der Waals surface area contributed by atoms with Crippen LogP contribution in [0.1, 0.15) is 24.8 Å². The van der Waals surface area contributed by atoms with E-state index in [1.54, 1.807) is 19.1 Å². The second kappa shape index (κ2) is 6.17. The summed E-state index contributed by atoms with van der Waals surface area (Å²) in [7, 11) is -2.23. The number of nitrogens with one attached hydrogen (secondary N) is 1. The second-order valence-corrected chi connectivity index (χ2v) is 9.51. The first kappa shape index (κ1) is 18.2. The number of fused-ring (bicyclic) bond motifs is 1. The standard InChI is InChI=1S/C19H22N2O5S/c1-12-9-17(22)20-16-4-3-13(10-14(12)16)27(24,25)21-7-5-19(6-8-21)11-15(19)18(23)26-2/h3-4,9-10,15H,5-8,11H2,1-2H3,(H,20,22). The molecule has 144 valence electrons. The number of esters is 1. The van der Waals surface area contributed by atoms with Crippen molar-refractivity contribution in [1.82, 2.24) is 9.29 Å². The highest BCUT2D eigenvalue weighted by atomic mass is 32.2. The first-order valence-corrected chi connectivity index (χ1v) is 10.4. The molecule has 2 fully saturated rings. The Morgan fingerprint density at radius 2 is 1.96 bits per heavy atom. The Morgan fingerprint density at radius 3 is 2.63 bits per heavy atom. The van der Waals surface area contributed by atoms with E-state index in [9.17, 15) is 18.0 Å². The monoisotopic (exact) mass is 390 g/mol. The Hall–Kier alpha value is -2.19. The molecule has 7 nitrogen and oxygen atoms in total. The average Bonchev–Trinajstić information content (AvgIpc) is 3.34. The zero-order valence-electron chi connectivity index (χ0n) is 15.3. The van der Waals surface area contributed by atoms with Gasteiger partial charge in [-0.3, -0.25) is 9.59 Å². The number of nitrogens with zero attached hydrogens (tertiary/aromatic N) is 1. The molecule has 1 aliphatic heterocycles. The molecule has 1 saturated heterocycles. The number of H-pyrrole nitrogens is 1. The highest BCUT2D eigenvalue weighted by molar-refractivity contribution is 7.89. The first-order valence-electron chi connectivity index (χ1n) is 8.98. The van der Waals surface area contributed by atoms with Gasteiger partial charge in [-0.05, 0) is 55.4 Å². The maximum atomic E-state index is 13.1. The number of methoxy groups -OCH3 is 1. The van der Waals surface area contributed by atoms with E-state index in [-0.39, 0.29) is 27.8 Å². The smallest absolute Gasteiger partial charge is 0.309 e. The van der Waals surface area contributed by atoms with Crippen LogP contribution in [-0.4, -0.2) is 43.9 Å². The number of rotatable bonds is 3. The van der Waals surface area contributed by atoms with Crippen molar-refractivity contribution in [2.24, 2.45) is 11.3 Å². The molecule has 0 amide bonds. The molecule has 2 aromatic rings. The Labute approximate surface area is 157 Å². The normalized spacial score (nSPS) is 22.1. The van der Waals surface area contributed by atoms with Crippen LogP contribution < -0.4 is 5.56 Å². The van der Waals surface area contributed by atoms with Crippen LogP contribution in [0.2, 0.25) is 0 Å². The third kappa shape index (κ3) is 2.96. The molecule has 2 heterocycles. The molecule has 4 rings (SSSR count).